The van der Waals surface area contributed by atoms with Gasteiger partial charge >= 0.3 is 0 Å². The number of sulfonamides is 1. The van der Waals surface area contributed by atoms with E-state index in [-0.39, 0.29) is 41.0 Å². The molecule has 10 heteroatoms. The predicted octanol–water partition coefficient (Wildman–Crippen LogP) is 3.81. The Balaban J connectivity index is 1.42. The van der Waals surface area contributed by atoms with Gasteiger partial charge in [-0.05, 0) is 56.2 Å². The molecule has 2 aliphatic rings. The third-order valence-electron chi connectivity index (χ3n) is 5.44. The molecule has 2 heterocycles. The number of rotatable bonds is 4. The summed E-state index contributed by atoms with van der Waals surface area (Å²) < 4.78 is 27.6. The summed E-state index contributed by atoms with van der Waals surface area (Å²) in [6.07, 6.45) is 0.862. The van der Waals surface area contributed by atoms with Crippen molar-refractivity contribution in [3.63, 3.8) is 0 Å². The second-order valence-electron chi connectivity index (χ2n) is 7.59. The van der Waals surface area contributed by atoms with Crippen LogP contribution in [-0.2, 0) is 19.6 Å². The third-order valence-corrected chi connectivity index (χ3v) is 8.74. The van der Waals surface area contributed by atoms with Crippen LogP contribution in [0.5, 0.6) is 0 Å². The molecule has 0 aromatic heterocycles. The van der Waals surface area contributed by atoms with Gasteiger partial charge in [-0.25, -0.2) is 8.42 Å². The maximum absolute atomic E-state index is 13.1. The number of benzene rings is 2. The number of fused-ring (bicyclic) bond motifs is 1. The molecule has 1 atom stereocenters. The van der Waals surface area contributed by atoms with E-state index in [0.717, 1.165) is 4.90 Å². The van der Waals surface area contributed by atoms with Crippen LogP contribution in [0.25, 0.3) is 0 Å². The highest BCUT2D eigenvalue weighted by molar-refractivity contribution is 8.01. The lowest BCUT2D eigenvalue weighted by Gasteiger charge is -2.31. The Kier molecular flexibility index (Phi) is 6.30. The van der Waals surface area contributed by atoms with E-state index in [4.69, 9.17) is 11.6 Å². The first-order chi connectivity index (χ1) is 14.7. The van der Waals surface area contributed by atoms with Gasteiger partial charge in [-0.1, -0.05) is 17.7 Å². The molecule has 2 N–H and O–H groups in total. The van der Waals surface area contributed by atoms with Crippen LogP contribution in [-0.4, -0.2) is 42.9 Å². The number of halogens is 1. The van der Waals surface area contributed by atoms with Crippen molar-refractivity contribution in [2.75, 3.05) is 23.7 Å². The molecular formula is C21H22ClN3O4S2. The number of hydrogen-bond acceptors (Lipinski definition) is 5. The van der Waals surface area contributed by atoms with Gasteiger partial charge in [0.25, 0.3) is 0 Å². The van der Waals surface area contributed by atoms with Crippen molar-refractivity contribution < 1.29 is 18.0 Å². The summed E-state index contributed by atoms with van der Waals surface area (Å²) in [6.45, 7) is 2.32. The number of amides is 2. The van der Waals surface area contributed by atoms with E-state index in [1.54, 1.807) is 43.3 Å². The number of thioether (sulfide) groups is 1. The smallest absolute Gasteiger partial charge is 0.243 e. The van der Waals surface area contributed by atoms with Crippen LogP contribution in [0.1, 0.15) is 19.8 Å². The fourth-order valence-corrected chi connectivity index (χ4v) is 6.28. The zero-order valence-corrected chi connectivity index (χ0v) is 19.2. The second-order valence-corrected chi connectivity index (χ2v) is 11.3. The second kappa shape index (κ2) is 8.82. The van der Waals surface area contributed by atoms with Crippen LogP contribution in [0.3, 0.4) is 0 Å². The van der Waals surface area contributed by atoms with E-state index >= 15 is 0 Å². The van der Waals surface area contributed by atoms with E-state index in [9.17, 15) is 18.0 Å². The van der Waals surface area contributed by atoms with Gasteiger partial charge < -0.3 is 10.6 Å². The minimum absolute atomic E-state index is 0.137. The molecule has 2 aromatic rings. The van der Waals surface area contributed by atoms with Crippen molar-refractivity contribution in [2.45, 2.75) is 34.8 Å². The summed E-state index contributed by atoms with van der Waals surface area (Å²) in [4.78, 5) is 25.5. The molecule has 4 rings (SSSR count). The van der Waals surface area contributed by atoms with Gasteiger partial charge in [0.2, 0.25) is 21.8 Å². The monoisotopic (exact) mass is 479 g/mol. The Morgan fingerprint density at radius 3 is 2.65 bits per heavy atom. The van der Waals surface area contributed by atoms with Gasteiger partial charge in [-0.15, -0.1) is 11.8 Å². The molecule has 164 valence electrons. The first kappa shape index (κ1) is 22.1. The van der Waals surface area contributed by atoms with E-state index < -0.39 is 10.0 Å². The highest BCUT2D eigenvalue weighted by Gasteiger charge is 2.33. The maximum atomic E-state index is 13.1. The average Bonchev–Trinajstić information content (AvgIpc) is 2.74. The number of carbonyl (C=O) groups is 2. The third kappa shape index (κ3) is 4.74. The van der Waals surface area contributed by atoms with Gasteiger partial charge in [-0.2, -0.15) is 4.31 Å². The number of carbonyl (C=O) groups excluding carboxylic acids is 2. The molecule has 0 aliphatic carbocycles. The topological polar surface area (TPSA) is 95.6 Å². The number of nitrogens with zero attached hydrogens (tertiary/aromatic N) is 1. The Bertz CT molecular complexity index is 1130. The van der Waals surface area contributed by atoms with E-state index in [0.29, 0.717) is 29.2 Å². The van der Waals surface area contributed by atoms with Crippen LogP contribution in [0.15, 0.2) is 52.3 Å². The highest BCUT2D eigenvalue weighted by Crippen LogP contribution is 2.37. The molecule has 1 fully saturated rings. The molecule has 2 amide bonds. The standard InChI is InChI=1S/C21H22ClN3O4S2/c1-13-20(26)24-18-12-17(5-6-19(18)30-13)31(28,29)25-9-7-14(8-10-25)21(27)23-16-4-2-3-15(22)11-16/h2-6,11-14H,7-10H2,1H3,(H,23,27)(H,24,26)/t13-/m1/s1. The Morgan fingerprint density at radius 2 is 1.94 bits per heavy atom. The minimum Gasteiger partial charge on any atom is -0.326 e. The summed E-state index contributed by atoms with van der Waals surface area (Å²) >= 11 is 7.36. The van der Waals surface area contributed by atoms with Gasteiger partial charge in [0, 0.05) is 34.6 Å². The molecule has 0 saturated carbocycles. The van der Waals surface area contributed by atoms with Crippen molar-refractivity contribution >= 4 is 56.6 Å². The molecule has 2 aliphatic heterocycles. The fourth-order valence-electron chi connectivity index (χ4n) is 3.67. The quantitative estimate of drug-likeness (QED) is 0.695. The van der Waals surface area contributed by atoms with Gasteiger partial charge in [0.1, 0.15) is 0 Å². The zero-order valence-electron chi connectivity index (χ0n) is 16.8. The average molecular weight is 480 g/mol. The number of anilines is 2. The first-order valence-electron chi connectivity index (χ1n) is 9.92. The Morgan fingerprint density at radius 1 is 1.19 bits per heavy atom. The fraction of sp³-hybridized carbons (Fsp3) is 0.333. The molecular weight excluding hydrogens is 458 g/mol. The lowest BCUT2D eigenvalue weighted by atomic mass is 9.97. The summed E-state index contributed by atoms with van der Waals surface area (Å²) in [7, 11) is -3.72. The Hall–Kier alpha value is -2.07. The molecule has 0 unspecified atom stereocenters. The van der Waals surface area contributed by atoms with E-state index in [1.807, 2.05) is 0 Å². The van der Waals surface area contributed by atoms with Crippen LogP contribution >= 0.6 is 23.4 Å². The molecule has 0 bridgehead atoms. The largest absolute Gasteiger partial charge is 0.326 e. The van der Waals surface area contributed by atoms with Crippen molar-refractivity contribution in [3.8, 4) is 0 Å². The Labute approximate surface area is 190 Å². The molecule has 1 saturated heterocycles. The summed E-state index contributed by atoms with van der Waals surface area (Å²) in [5.74, 6) is -0.549. The molecule has 2 aromatic carbocycles. The van der Waals surface area contributed by atoms with Crippen molar-refractivity contribution in [3.05, 3.63) is 47.5 Å². The van der Waals surface area contributed by atoms with Crippen LogP contribution in [0.4, 0.5) is 11.4 Å². The molecule has 7 nitrogen and oxygen atoms in total. The highest BCUT2D eigenvalue weighted by atomic mass is 35.5. The molecule has 0 radical (unpaired) electrons. The lowest BCUT2D eigenvalue weighted by molar-refractivity contribution is -0.121. The predicted molar refractivity (Wildman–Crippen MR) is 122 cm³/mol. The minimum atomic E-state index is -3.72. The lowest BCUT2D eigenvalue weighted by Crippen LogP contribution is -2.41. The number of piperidine rings is 1. The molecule has 0 spiro atoms. The summed E-state index contributed by atoms with van der Waals surface area (Å²) in [5.41, 5.74) is 1.14. The van der Waals surface area contributed by atoms with Crippen LogP contribution < -0.4 is 10.6 Å². The van der Waals surface area contributed by atoms with Gasteiger partial charge in [0.15, 0.2) is 0 Å². The van der Waals surface area contributed by atoms with Crippen LogP contribution in [0.2, 0.25) is 5.02 Å². The maximum Gasteiger partial charge on any atom is 0.243 e. The van der Waals surface area contributed by atoms with Gasteiger partial charge in [0.05, 0.1) is 15.8 Å². The number of nitrogens with one attached hydrogen (secondary N) is 2. The first-order valence-corrected chi connectivity index (χ1v) is 12.6. The van der Waals surface area contributed by atoms with E-state index in [1.165, 1.54) is 22.1 Å². The summed E-state index contributed by atoms with van der Waals surface area (Å²) in [5, 5.41) is 5.93. The number of hydrogen-bond donors (Lipinski definition) is 2. The van der Waals surface area contributed by atoms with Crippen molar-refractivity contribution in [2.24, 2.45) is 5.92 Å². The SMILES string of the molecule is C[C@H]1Sc2ccc(S(=O)(=O)N3CCC(C(=O)Nc4cccc(Cl)c4)CC3)cc2NC1=O. The van der Waals surface area contributed by atoms with Gasteiger partial charge in [-0.3, -0.25) is 9.59 Å². The van der Waals surface area contributed by atoms with Crippen LogP contribution in [0, 0.1) is 5.92 Å². The van der Waals surface area contributed by atoms with Crippen molar-refractivity contribution in [1.29, 1.82) is 0 Å². The summed E-state index contributed by atoms with van der Waals surface area (Å²) in [6, 6.07) is 11.7. The van der Waals surface area contributed by atoms with Crippen molar-refractivity contribution in [1.82, 2.24) is 4.31 Å². The normalized spacial score (nSPS) is 20.1. The molecule has 31 heavy (non-hydrogen) atoms. The van der Waals surface area contributed by atoms with E-state index in [2.05, 4.69) is 10.6 Å². The zero-order chi connectivity index (χ0) is 22.2.